The lowest BCUT2D eigenvalue weighted by Crippen LogP contribution is -2.44. The van der Waals surface area contributed by atoms with E-state index >= 15 is 0 Å². The molecule has 4 rings (SSSR count). The van der Waals surface area contributed by atoms with Crippen LogP contribution in [0.4, 0.5) is 4.39 Å². The molecule has 0 spiro atoms. The number of halogens is 1. The largest absolute Gasteiger partial charge is 0.511 e. The molecule has 128 valence electrons. The van der Waals surface area contributed by atoms with Gasteiger partial charge in [0.05, 0.1) is 17.3 Å². The summed E-state index contributed by atoms with van der Waals surface area (Å²) in [6.45, 7) is 4.10. The van der Waals surface area contributed by atoms with Crippen LogP contribution in [0.1, 0.15) is 37.9 Å². The standard InChI is InChI=1S/C20H20FN3O/c1-11-15-8-7-14-17(13-5-3-4-6-16(13)21)23-24-19(14)20(15,2)9-12(10-22)18(11)25/h3-6,11,15,25H,7-9H2,1-2H3,(H,23,24)/t11-,15-,20-/m1/s1. The summed E-state index contributed by atoms with van der Waals surface area (Å²) in [5, 5.41) is 27.3. The smallest absolute Gasteiger partial charge is 0.132 e. The Labute approximate surface area is 146 Å². The quantitative estimate of drug-likeness (QED) is 0.809. The van der Waals surface area contributed by atoms with Gasteiger partial charge in [0.25, 0.3) is 0 Å². The molecule has 2 aliphatic rings. The summed E-state index contributed by atoms with van der Waals surface area (Å²) >= 11 is 0. The first-order valence-corrected chi connectivity index (χ1v) is 8.62. The average molecular weight is 337 g/mol. The predicted molar refractivity (Wildman–Crippen MR) is 92.2 cm³/mol. The highest BCUT2D eigenvalue weighted by Crippen LogP contribution is 2.53. The molecule has 0 radical (unpaired) electrons. The molecule has 0 bridgehead atoms. The summed E-state index contributed by atoms with van der Waals surface area (Å²) in [6, 6.07) is 8.83. The van der Waals surface area contributed by atoms with E-state index in [2.05, 4.69) is 23.2 Å². The molecule has 2 N–H and O–H groups in total. The summed E-state index contributed by atoms with van der Waals surface area (Å²) in [4.78, 5) is 0. The van der Waals surface area contributed by atoms with E-state index in [1.807, 2.05) is 13.0 Å². The first kappa shape index (κ1) is 15.9. The molecule has 0 unspecified atom stereocenters. The topological polar surface area (TPSA) is 72.7 Å². The van der Waals surface area contributed by atoms with E-state index < -0.39 is 0 Å². The van der Waals surface area contributed by atoms with Crippen LogP contribution in [0.25, 0.3) is 11.3 Å². The van der Waals surface area contributed by atoms with Crippen molar-refractivity contribution in [1.82, 2.24) is 10.2 Å². The lowest BCUT2D eigenvalue weighted by Gasteiger charge is -2.47. The number of H-pyrrole nitrogens is 1. The Bertz CT molecular complexity index is 923. The van der Waals surface area contributed by atoms with E-state index in [-0.39, 0.29) is 28.8 Å². The van der Waals surface area contributed by atoms with Crippen molar-refractivity contribution in [3.8, 4) is 17.3 Å². The summed E-state index contributed by atoms with van der Waals surface area (Å²) in [5.41, 5.74) is 3.33. The zero-order valence-electron chi connectivity index (χ0n) is 14.3. The Morgan fingerprint density at radius 3 is 2.88 bits per heavy atom. The highest BCUT2D eigenvalue weighted by atomic mass is 19.1. The molecule has 0 fully saturated rings. The Morgan fingerprint density at radius 1 is 1.40 bits per heavy atom. The number of rotatable bonds is 1. The van der Waals surface area contributed by atoms with E-state index in [1.54, 1.807) is 12.1 Å². The summed E-state index contributed by atoms with van der Waals surface area (Å²) in [7, 11) is 0. The number of allylic oxidation sites excluding steroid dienone is 2. The van der Waals surface area contributed by atoms with Gasteiger partial charge in [-0.25, -0.2) is 4.39 Å². The molecule has 5 heteroatoms. The van der Waals surface area contributed by atoms with Crippen LogP contribution in [0, 0.1) is 29.0 Å². The van der Waals surface area contributed by atoms with Gasteiger partial charge in [0.2, 0.25) is 0 Å². The van der Waals surface area contributed by atoms with Gasteiger partial charge < -0.3 is 5.11 Å². The van der Waals surface area contributed by atoms with E-state index in [0.29, 0.717) is 23.3 Å². The van der Waals surface area contributed by atoms with E-state index in [9.17, 15) is 14.8 Å². The molecular formula is C20H20FN3O. The van der Waals surface area contributed by atoms with Crippen molar-refractivity contribution in [2.45, 2.75) is 38.5 Å². The van der Waals surface area contributed by atoms with Crippen LogP contribution in [0.2, 0.25) is 0 Å². The van der Waals surface area contributed by atoms with Gasteiger partial charge in [0.15, 0.2) is 0 Å². The molecule has 0 saturated carbocycles. The summed E-state index contributed by atoms with van der Waals surface area (Å²) in [6.07, 6.45) is 2.15. The van der Waals surface area contributed by atoms with Gasteiger partial charge in [-0.2, -0.15) is 10.4 Å². The number of nitriles is 1. The maximum Gasteiger partial charge on any atom is 0.132 e. The number of benzene rings is 1. The number of aromatic nitrogens is 2. The van der Waals surface area contributed by atoms with E-state index in [1.165, 1.54) is 6.07 Å². The van der Waals surface area contributed by atoms with Crippen molar-refractivity contribution < 1.29 is 9.50 Å². The third-order valence-electron chi connectivity index (χ3n) is 6.11. The van der Waals surface area contributed by atoms with Gasteiger partial charge >= 0.3 is 0 Å². The number of aliphatic hydroxyl groups is 1. The van der Waals surface area contributed by atoms with Gasteiger partial charge in [-0.05, 0) is 37.3 Å². The second-order valence-corrected chi connectivity index (χ2v) is 7.41. The van der Waals surface area contributed by atoms with Gasteiger partial charge in [-0.15, -0.1) is 0 Å². The zero-order valence-corrected chi connectivity index (χ0v) is 14.3. The number of nitrogens with one attached hydrogen (secondary N) is 1. The molecule has 3 atom stereocenters. The van der Waals surface area contributed by atoms with Crippen LogP contribution >= 0.6 is 0 Å². The number of aromatic amines is 1. The highest BCUT2D eigenvalue weighted by molar-refractivity contribution is 5.66. The van der Waals surface area contributed by atoms with Gasteiger partial charge in [-0.3, -0.25) is 5.10 Å². The second-order valence-electron chi connectivity index (χ2n) is 7.41. The monoisotopic (exact) mass is 337 g/mol. The van der Waals surface area contributed by atoms with Crippen molar-refractivity contribution in [2.24, 2.45) is 11.8 Å². The number of nitrogens with zero attached hydrogens (tertiary/aromatic N) is 2. The Morgan fingerprint density at radius 2 is 2.16 bits per heavy atom. The van der Waals surface area contributed by atoms with Crippen LogP contribution in [-0.4, -0.2) is 15.3 Å². The van der Waals surface area contributed by atoms with Crippen molar-refractivity contribution in [2.75, 3.05) is 0 Å². The molecule has 0 amide bonds. The molecule has 0 saturated heterocycles. The van der Waals surface area contributed by atoms with Crippen molar-refractivity contribution in [1.29, 1.82) is 5.26 Å². The van der Waals surface area contributed by atoms with Gasteiger partial charge in [0.1, 0.15) is 11.6 Å². The lowest BCUT2D eigenvalue weighted by molar-refractivity contribution is 0.136. The number of fused-ring (bicyclic) bond motifs is 3. The Balaban J connectivity index is 1.86. The summed E-state index contributed by atoms with van der Waals surface area (Å²) < 4.78 is 14.2. The molecule has 25 heavy (non-hydrogen) atoms. The van der Waals surface area contributed by atoms with Crippen molar-refractivity contribution >= 4 is 0 Å². The molecule has 1 aromatic heterocycles. The first-order valence-electron chi connectivity index (χ1n) is 8.62. The maximum atomic E-state index is 14.2. The average Bonchev–Trinajstić information content (AvgIpc) is 3.04. The summed E-state index contributed by atoms with van der Waals surface area (Å²) in [5.74, 6) is 0.103. The van der Waals surface area contributed by atoms with Crippen molar-refractivity contribution in [3.63, 3.8) is 0 Å². The highest BCUT2D eigenvalue weighted by Gasteiger charge is 2.50. The molecular weight excluding hydrogens is 317 g/mol. The SMILES string of the molecule is C[C@H]1C(O)=C(C#N)C[C@@]2(C)c3[nH]nc(-c4ccccc4F)c3CC[C@H]12. The van der Waals surface area contributed by atoms with Crippen LogP contribution in [0.5, 0.6) is 0 Å². The van der Waals surface area contributed by atoms with Gasteiger partial charge in [0, 0.05) is 28.2 Å². The number of aliphatic hydroxyl groups excluding tert-OH is 1. The fourth-order valence-corrected chi connectivity index (χ4v) is 4.80. The third kappa shape index (κ3) is 2.13. The van der Waals surface area contributed by atoms with Crippen LogP contribution in [0.3, 0.4) is 0 Å². The molecule has 0 aliphatic heterocycles. The molecule has 2 aliphatic carbocycles. The zero-order chi connectivity index (χ0) is 17.8. The minimum Gasteiger partial charge on any atom is -0.511 e. The van der Waals surface area contributed by atoms with Gasteiger partial charge in [-0.1, -0.05) is 26.0 Å². The lowest BCUT2D eigenvalue weighted by atomic mass is 9.57. The third-order valence-corrected chi connectivity index (χ3v) is 6.11. The maximum absolute atomic E-state index is 14.2. The predicted octanol–water partition coefficient (Wildman–Crippen LogP) is 4.41. The number of hydrogen-bond donors (Lipinski definition) is 2. The van der Waals surface area contributed by atoms with Crippen molar-refractivity contribution in [3.05, 3.63) is 52.7 Å². The molecule has 2 aromatic rings. The minimum absolute atomic E-state index is 0.0678. The fraction of sp³-hybridized carbons (Fsp3) is 0.400. The molecule has 1 aromatic carbocycles. The Hall–Kier alpha value is -2.61. The van der Waals surface area contributed by atoms with Crippen LogP contribution < -0.4 is 0 Å². The molecule has 1 heterocycles. The first-order chi connectivity index (χ1) is 12.0. The van der Waals surface area contributed by atoms with Crippen LogP contribution in [-0.2, 0) is 11.8 Å². The van der Waals surface area contributed by atoms with E-state index in [4.69, 9.17) is 0 Å². The Kier molecular flexibility index (Phi) is 3.47. The normalized spacial score (nSPS) is 28.2. The van der Waals surface area contributed by atoms with E-state index in [0.717, 1.165) is 24.1 Å². The van der Waals surface area contributed by atoms with Crippen LogP contribution in [0.15, 0.2) is 35.6 Å². The fourth-order valence-electron chi connectivity index (χ4n) is 4.80. The molecule has 4 nitrogen and oxygen atoms in total. The second kappa shape index (κ2) is 5.45. The number of hydrogen-bond acceptors (Lipinski definition) is 3. The minimum atomic E-state index is -0.305.